The predicted molar refractivity (Wildman–Crippen MR) is 79.4 cm³/mol. The molecule has 0 spiro atoms. The lowest BCUT2D eigenvalue weighted by Gasteiger charge is -2.18. The lowest BCUT2D eigenvalue weighted by molar-refractivity contribution is 0.455. The highest BCUT2D eigenvalue weighted by Crippen LogP contribution is 2.27. The Morgan fingerprint density at radius 3 is 2.53 bits per heavy atom. The highest BCUT2D eigenvalue weighted by atomic mass is 35.5. The van der Waals surface area contributed by atoms with Crippen LogP contribution in [0.1, 0.15) is 30.5 Å². The van der Waals surface area contributed by atoms with Crippen LogP contribution in [0.4, 0.5) is 0 Å². The molecular formula is C16H18ClNO. The standard InChI is InChI=1S/C16H18ClNO/c1-2-15(12-7-4-3-5-8-12)18-11-13-9-6-10-14(17)16(13)19/h3-10,15,18-19H,2,11H2,1H3. The van der Waals surface area contributed by atoms with E-state index in [-0.39, 0.29) is 11.8 Å². The van der Waals surface area contributed by atoms with Gasteiger partial charge in [0.1, 0.15) is 5.75 Å². The summed E-state index contributed by atoms with van der Waals surface area (Å²) < 4.78 is 0. The Bertz CT molecular complexity index is 528. The van der Waals surface area contributed by atoms with Gasteiger partial charge in [-0.3, -0.25) is 0 Å². The van der Waals surface area contributed by atoms with Crippen LogP contribution in [-0.4, -0.2) is 5.11 Å². The van der Waals surface area contributed by atoms with Gasteiger partial charge < -0.3 is 10.4 Å². The fraction of sp³-hybridized carbons (Fsp3) is 0.250. The second-order valence-electron chi connectivity index (χ2n) is 4.50. The maximum Gasteiger partial charge on any atom is 0.138 e. The van der Waals surface area contributed by atoms with Gasteiger partial charge in [0.15, 0.2) is 0 Å². The van der Waals surface area contributed by atoms with Crippen molar-refractivity contribution in [2.75, 3.05) is 0 Å². The Morgan fingerprint density at radius 1 is 1.11 bits per heavy atom. The first-order valence-electron chi connectivity index (χ1n) is 6.47. The molecule has 0 aromatic heterocycles. The Morgan fingerprint density at radius 2 is 1.84 bits per heavy atom. The van der Waals surface area contributed by atoms with Crippen molar-refractivity contribution in [1.82, 2.24) is 5.32 Å². The summed E-state index contributed by atoms with van der Waals surface area (Å²) in [5.41, 5.74) is 2.08. The summed E-state index contributed by atoms with van der Waals surface area (Å²) in [6.45, 7) is 2.74. The fourth-order valence-corrected chi connectivity index (χ4v) is 2.31. The average molecular weight is 276 g/mol. The zero-order valence-electron chi connectivity index (χ0n) is 10.9. The number of rotatable bonds is 5. The molecule has 3 heteroatoms. The molecule has 0 aliphatic heterocycles. The molecule has 0 aliphatic rings. The van der Waals surface area contributed by atoms with Crippen molar-refractivity contribution in [3.8, 4) is 5.75 Å². The molecule has 0 heterocycles. The van der Waals surface area contributed by atoms with Crippen molar-refractivity contribution in [2.45, 2.75) is 25.9 Å². The highest BCUT2D eigenvalue weighted by molar-refractivity contribution is 6.32. The van der Waals surface area contributed by atoms with E-state index in [1.54, 1.807) is 6.07 Å². The maximum atomic E-state index is 9.88. The summed E-state index contributed by atoms with van der Waals surface area (Å²) in [5.74, 6) is 0.166. The number of benzene rings is 2. The summed E-state index contributed by atoms with van der Waals surface area (Å²) in [7, 11) is 0. The Labute approximate surface area is 119 Å². The molecule has 1 unspecified atom stereocenters. The van der Waals surface area contributed by atoms with Gasteiger partial charge in [-0.25, -0.2) is 0 Å². The number of aromatic hydroxyl groups is 1. The summed E-state index contributed by atoms with van der Waals surface area (Å²) in [6.07, 6.45) is 0.991. The number of phenols is 1. The van der Waals surface area contributed by atoms with E-state index in [9.17, 15) is 5.11 Å². The zero-order valence-corrected chi connectivity index (χ0v) is 11.7. The van der Waals surface area contributed by atoms with Gasteiger partial charge in [0.2, 0.25) is 0 Å². The molecule has 0 bridgehead atoms. The Kier molecular flexibility index (Phi) is 4.83. The molecule has 0 saturated carbocycles. The first-order chi connectivity index (χ1) is 9.22. The molecule has 100 valence electrons. The molecule has 0 amide bonds. The van der Waals surface area contributed by atoms with Gasteiger partial charge in [-0.2, -0.15) is 0 Å². The van der Waals surface area contributed by atoms with E-state index in [0.717, 1.165) is 12.0 Å². The van der Waals surface area contributed by atoms with E-state index in [4.69, 9.17) is 11.6 Å². The third-order valence-corrected chi connectivity index (χ3v) is 3.52. The van der Waals surface area contributed by atoms with Crippen LogP contribution in [0.2, 0.25) is 5.02 Å². The fourth-order valence-electron chi connectivity index (χ4n) is 2.12. The molecule has 2 N–H and O–H groups in total. The number of nitrogens with one attached hydrogen (secondary N) is 1. The average Bonchev–Trinajstić information content (AvgIpc) is 2.45. The Balaban J connectivity index is 2.06. The molecule has 2 nitrogen and oxygen atoms in total. The lowest BCUT2D eigenvalue weighted by Crippen LogP contribution is -2.20. The van der Waals surface area contributed by atoms with E-state index < -0.39 is 0 Å². The quantitative estimate of drug-likeness (QED) is 0.853. The van der Waals surface area contributed by atoms with Crippen LogP contribution in [0.3, 0.4) is 0 Å². The largest absolute Gasteiger partial charge is 0.506 e. The molecule has 1 atom stereocenters. The third kappa shape index (κ3) is 3.49. The van der Waals surface area contributed by atoms with Crippen LogP contribution in [-0.2, 0) is 6.54 Å². The number of hydrogen-bond donors (Lipinski definition) is 2. The third-order valence-electron chi connectivity index (χ3n) is 3.22. The van der Waals surface area contributed by atoms with E-state index in [1.165, 1.54) is 5.56 Å². The van der Waals surface area contributed by atoms with Crippen molar-refractivity contribution in [1.29, 1.82) is 0 Å². The first kappa shape index (κ1) is 13.9. The van der Waals surface area contributed by atoms with Crippen molar-refractivity contribution in [3.63, 3.8) is 0 Å². The number of halogens is 1. The maximum absolute atomic E-state index is 9.88. The smallest absolute Gasteiger partial charge is 0.138 e. The van der Waals surface area contributed by atoms with Gasteiger partial charge in [-0.1, -0.05) is 61.0 Å². The Hall–Kier alpha value is -1.51. The summed E-state index contributed by atoms with van der Waals surface area (Å²) in [4.78, 5) is 0. The first-order valence-corrected chi connectivity index (χ1v) is 6.85. The number of phenolic OH excluding ortho intramolecular Hbond substituents is 1. The SMILES string of the molecule is CCC(NCc1cccc(Cl)c1O)c1ccccc1. The molecule has 0 fully saturated rings. The molecule has 19 heavy (non-hydrogen) atoms. The molecule has 2 rings (SSSR count). The van der Waals surface area contributed by atoms with Crippen molar-refractivity contribution in [2.24, 2.45) is 0 Å². The molecule has 0 saturated heterocycles. The van der Waals surface area contributed by atoms with Gasteiger partial charge in [-0.05, 0) is 18.1 Å². The number of hydrogen-bond acceptors (Lipinski definition) is 2. The number of para-hydroxylation sites is 1. The van der Waals surface area contributed by atoms with Crippen molar-refractivity contribution >= 4 is 11.6 Å². The van der Waals surface area contributed by atoms with Gasteiger partial charge in [-0.15, -0.1) is 0 Å². The minimum absolute atomic E-state index is 0.166. The molecule has 2 aromatic carbocycles. The molecule has 0 aliphatic carbocycles. The highest BCUT2D eigenvalue weighted by Gasteiger charge is 2.10. The van der Waals surface area contributed by atoms with Crippen LogP contribution < -0.4 is 5.32 Å². The minimum atomic E-state index is 0.166. The van der Waals surface area contributed by atoms with E-state index in [2.05, 4.69) is 24.4 Å². The lowest BCUT2D eigenvalue weighted by atomic mass is 10.0. The van der Waals surface area contributed by atoms with Crippen molar-refractivity contribution < 1.29 is 5.11 Å². The topological polar surface area (TPSA) is 32.3 Å². The molecule has 0 radical (unpaired) electrons. The van der Waals surface area contributed by atoms with E-state index >= 15 is 0 Å². The molecular weight excluding hydrogens is 258 g/mol. The van der Waals surface area contributed by atoms with Crippen LogP contribution in [0, 0.1) is 0 Å². The van der Waals surface area contributed by atoms with E-state index in [1.807, 2.05) is 30.3 Å². The monoisotopic (exact) mass is 275 g/mol. The minimum Gasteiger partial charge on any atom is -0.506 e. The summed E-state index contributed by atoms with van der Waals surface area (Å²) >= 11 is 5.90. The normalized spacial score (nSPS) is 12.3. The van der Waals surface area contributed by atoms with Gasteiger partial charge in [0.25, 0.3) is 0 Å². The summed E-state index contributed by atoms with van der Waals surface area (Å²) in [6, 6.07) is 16.0. The van der Waals surface area contributed by atoms with Gasteiger partial charge >= 0.3 is 0 Å². The van der Waals surface area contributed by atoms with Crippen LogP contribution in [0.5, 0.6) is 5.75 Å². The summed E-state index contributed by atoms with van der Waals surface area (Å²) in [5, 5.41) is 13.7. The van der Waals surface area contributed by atoms with Gasteiger partial charge in [0, 0.05) is 18.2 Å². The van der Waals surface area contributed by atoms with Crippen LogP contribution in [0.15, 0.2) is 48.5 Å². The second kappa shape index (κ2) is 6.60. The van der Waals surface area contributed by atoms with E-state index in [0.29, 0.717) is 11.6 Å². The second-order valence-corrected chi connectivity index (χ2v) is 4.91. The van der Waals surface area contributed by atoms with Crippen LogP contribution >= 0.6 is 11.6 Å². The van der Waals surface area contributed by atoms with Crippen LogP contribution in [0.25, 0.3) is 0 Å². The zero-order chi connectivity index (χ0) is 13.7. The molecule has 2 aromatic rings. The van der Waals surface area contributed by atoms with Crippen molar-refractivity contribution in [3.05, 3.63) is 64.7 Å². The predicted octanol–water partition coefficient (Wildman–Crippen LogP) is 4.29. The van der Waals surface area contributed by atoms with Gasteiger partial charge in [0.05, 0.1) is 5.02 Å².